The van der Waals surface area contributed by atoms with Crippen LogP contribution in [0.5, 0.6) is 5.75 Å². The Hall–Kier alpha value is -2.33. The fourth-order valence-electron chi connectivity index (χ4n) is 3.63. The predicted octanol–water partition coefficient (Wildman–Crippen LogP) is 3.00. The molecule has 1 atom stereocenters. The van der Waals surface area contributed by atoms with Crippen molar-refractivity contribution in [3.8, 4) is 5.75 Å². The van der Waals surface area contributed by atoms with E-state index in [1.54, 1.807) is 12.1 Å². The Kier molecular flexibility index (Phi) is 5.29. The quantitative estimate of drug-likeness (QED) is 0.802. The van der Waals surface area contributed by atoms with Gasteiger partial charge in [0.1, 0.15) is 5.75 Å². The van der Waals surface area contributed by atoms with Crippen LogP contribution in [0, 0.1) is 0 Å². The molecule has 1 aliphatic heterocycles. The molecule has 0 saturated heterocycles. The number of benzene rings is 2. The van der Waals surface area contributed by atoms with Crippen LogP contribution in [0.25, 0.3) is 6.08 Å². The van der Waals surface area contributed by atoms with Crippen molar-refractivity contribution in [3.05, 3.63) is 77.5 Å². The zero-order valence-corrected chi connectivity index (χ0v) is 16.2. The number of aromatic hydroxyl groups is 1. The van der Waals surface area contributed by atoms with Gasteiger partial charge in [-0.05, 0) is 54.9 Å². The van der Waals surface area contributed by atoms with E-state index in [1.165, 1.54) is 0 Å². The molecule has 2 aromatic rings. The molecule has 2 aromatic carbocycles. The van der Waals surface area contributed by atoms with E-state index >= 15 is 0 Å². The van der Waals surface area contributed by atoms with Crippen molar-refractivity contribution in [2.75, 3.05) is 18.1 Å². The van der Waals surface area contributed by atoms with Crippen molar-refractivity contribution >= 4 is 19.4 Å². The number of phenolic OH excluding ortho intramolecular Hbond substituents is 1. The Balaban J connectivity index is 1.96. The highest BCUT2D eigenvalue weighted by Crippen LogP contribution is 2.50. The average molecular weight is 383 g/mol. The molecular weight excluding hydrogens is 361 g/mol. The number of phenols is 1. The summed E-state index contributed by atoms with van der Waals surface area (Å²) in [7, 11) is -2.64. The molecule has 0 radical (unpaired) electrons. The van der Waals surface area contributed by atoms with E-state index in [0.717, 1.165) is 22.5 Å². The molecule has 0 aromatic heterocycles. The van der Waals surface area contributed by atoms with Crippen LogP contribution in [0.15, 0.2) is 66.4 Å². The van der Waals surface area contributed by atoms with Gasteiger partial charge in [0.25, 0.3) is 0 Å². The standard InChI is InChI=1S/C21H24NO4P/c1-21(14-15-27(24,25)26)18-7-3-4-8-19(18)22(2)20(21)9-5-6-16-10-12-17(23)13-11-16/h3-13,23H,14-15H2,1-2H3,(H2,24,25,26)/p-2/b6-5+,20-9-. The molecule has 1 unspecified atom stereocenters. The van der Waals surface area contributed by atoms with E-state index in [2.05, 4.69) is 0 Å². The third kappa shape index (κ3) is 4.16. The summed E-state index contributed by atoms with van der Waals surface area (Å²) in [6, 6.07) is 14.7. The minimum Gasteiger partial charge on any atom is -0.811 e. The summed E-state index contributed by atoms with van der Waals surface area (Å²) in [6.45, 7) is 1.98. The van der Waals surface area contributed by atoms with Crippen LogP contribution in [-0.4, -0.2) is 18.3 Å². The summed E-state index contributed by atoms with van der Waals surface area (Å²) < 4.78 is 11.3. The van der Waals surface area contributed by atoms with E-state index in [1.807, 2.05) is 73.5 Å². The number of likely N-dealkylation sites (N-methyl/N-ethyl adjacent to an activating group) is 1. The van der Waals surface area contributed by atoms with Crippen LogP contribution in [0.2, 0.25) is 0 Å². The number of rotatable bonds is 5. The second-order valence-corrected chi connectivity index (χ2v) is 8.66. The highest BCUT2D eigenvalue weighted by molar-refractivity contribution is 7.48. The molecule has 0 fully saturated rings. The van der Waals surface area contributed by atoms with Gasteiger partial charge in [0.05, 0.1) is 0 Å². The minimum atomic E-state index is -4.58. The first-order valence-electron chi connectivity index (χ1n) is 8.73. The maximum absolute atomic E-state index is 11.3. The molecule has 0 amide bonds. The topological polar surface area (TPSA) is 86.7 Å². The zero-order chi connectivity index (χ0) is 19.7. The summed E-state index contributed by atoms with van der Waals surface area (Å²) in [4.78, 5) is 24.6. The summed E-state index contributed by atoms with van der Waals surface area (Å²) in [5, 5.41) is 9.37. The fourth-order valence-corrected chi connectivity index (χ4v) is 4.35. The Bertz CT molecular complexity index is 929. The first-order chi connectivity index (χ1) is 12.7. The van der Waals surface area contributed by atoms with Gasteiger partial charge < -0.3 is 24.4 Å². The smallest absolute Gasteiger partial charge is 0.115 e. The molecule has 1 aliphatic rings. The van der Waals surface area contributed by atoms with Gasteiger partial charge in [0.2, 0.25) is 0 Å². The molecular formula is C21H22NO4P-2. The second kappa shape index (κ2) is 7.35. The van der Waals surface area contributed by atoms with E-state index in [4.69, 9.17) is 0 Å². The third-order valence-corrected chi connectivity index (χ3v) is 5.88. The number of anilines is 1. The largest absolute Gasteiger partial charge is 0.811 e. The second-order valence-electron chi connectivity index (χ2n) is 7.00. The van der Waals surface area contributed by atoms with E-state index in [0.29, 0.717) is 0 Å². The molecule has 27 heavy (non-hydrogen) atoms. The van der Waals surface area contributed by atoms with Crippen molar-refractivity contribution in [2.24, 2.45) is 0 Å². The highest BCUT2D eigenvalue weighted by atomic mass is 31.2. The van der Waals surface area contributed by atoms with Gasteiger partial charge in [0.15, 0.2) is 0 Å². The van der Waals surface area contributed by atoms with Gasteiger partial charge in [-0.2, -0.15) is 0 Å². The van der Waals surface area contributed by atoms with Gasteiger partial charge in [-0.1, -0.05) is 50.1 Å². The van der Waals surface area contributed by atoms with Crippen molar-refractivity contribution in [1.29, 1.82) is 0 Å². The lowest BCUT2D eigenvalue weighted by molar-refractivity contribution is -0.313. The molecule has 1 N–H and O–H groups in total. The number of para-hydroxylation sites is 1. The third-order valence-electron chi connectivity index (χ3n) is 5.11. The lowest BCUT2D eigenvalue weighted by Gasteiger charge is -2.35. The average Bonchev–Trinajstić information content (AvgIpc) is 2.84. The van der Waals surface area contributed by atoms with Crippen molar-refractivity contribution in [3.63, 3.8) is 0 Å². The van der Waals surface area contributed by atoms with Crippen LogP contribution in [0.4, 0.5) is 5.69 Å². The summed E-state index contributed by atoms with van der Waals surface area (Å²) in [6.07, 6.45) is 5.61. The van der Waals surface area contributed by atoms with Crippen molar-refractivity contribution in [2.45, 2.75) is 18.8 Å². The van der Waals surface area contributed by atoms with Gasteiger partial charge in [-0.3, -0.25) is 0 Å². The molecule has 3 rings (SSSR count). The summed E-state index contributed by atoms with van der Waals surface area (Å²) >= 11 is 0. The molecule has 1 heterocycles. The monoisotopic (exact) mass is 383 g/mol. The molecule has 0 aliphatic carbocycles. The van der Waals surface area contributed by atoms with Crippen LogP contribution in [-0.2, 0) is 9.98 Å². The van der Waals surface area contributed by atoms with Gasteiger partial charge >= 0.3 is 0 Å². The summed E-state index contributed by atoms with van der Waals surface area (Å²) in [5.74, 6) is 0.212. The van der Waals surface area contributed by atoms with Gasteiger partial charge in [-0.25, -0.2) is 0 Å². The van der Waals surface area contributed by atoms with Crippen molar-refractivity contribution in [1.82, 2.24) is 0 Å². The van der Waals surface area contributed by atoms with Crippen molar-refractivity contribution < 1.29 is 19.5 Å². The lowest BCUT2D eigenvalue weighted by atomic mass is 9.79. The Morgan fingerprint density at radius 3 is 2.48 bits per heavy atom. The number of fused-ring (bicyclic) bond motifs is 1. The molecule has 6 heteroatoms. The lowest BCUT2D eigenvalue weighted by Crippen LogP contribution is -2.29. The Morgan fingerprint density at radius 2 is 1.81 bits per heavy atom. The fraction of sp³-hybridized carbons (Fsp3) is 0.238. The van der Waals surface area contributed by atoms with E-state index in [-0.39, 0.29) is 18.3 Å². The van der Waals surface area contributed by atoms with Gasteiger partial charge in [0, 0.05) is 23.8 Å². The number of allylic oxidation sites excluding steroid dienone is 3. The number of nitrogens with zero attached hydrogens (tertiary/aromatic N) is 1. The number of hydrogen-bond donors (Lipinski definition) is 1. The molecule has 5 nitrogen and oxygen atoms in total. The maximum atomic E-state index is 11.3. The SMILES string of the molecule is CN1/C(=C\C=C\c2ccc(O)cc2)C(C)(CCP(=O)([O-])[O-])c2ccccc21. The van der Waals surface area contributed by atoms with E-state index in [9.17, 15) is 19.5 Å². The number of hydrogen-bond acceptors (Lipinski definition) is 5. The molecule has 0 bridgehead atoms. The van der Waals surface area contributed by atoms with Crippen LogP contribution >= 0.6 is 7.60 Å². The molecule has 0 saturated carbocycles. The van der Waals surface area contributed by atoms with Crippen LogP contribution in [0.3, 0.4) is 0 Å². The minimum absolute atomic E-state index is 0.212. The van der Waals surface area contributed by atoms with Gasteiger partial charge in [-0.15, -0.1) is 0 Å². The van der Waals surface area contributed by atoms with Crippen LogP contribution in [0.1, 0.15) is 24.5 Å². The zero-order valence-electron chi connectivity index (χ0n) is 15.3. The Morgan fingerprint density at radius 1 is 1.15 bits per heavy atom. The molecule has 142 valence electrons. The first-order valence-corrected chi connectivity index (χ1v) is 10.5. The highest BCUT2D eigenvalue weighted by Gasteiger charge is 2.41. The Labute approximate surface area is 159 Å². The predicted molar refractivity (Wildman–Crippen MR) is 105 cm³/mol. The first kappa shape index (κ1) is 19.4. The normalized spacial score (nSPS) is 21.2. The molecule has 0 spiro atoms. The van der Waals surface area contributed by atoms with E-state index < -0.39 is 13.0 Å². The van der Waals surface area contributed by atoms with Crippen LogP contribution < -0.4 is 14.7 Å². The summed E-state index contributed by atoms with van der Waals surface area (Å²) in [5.41, 5.74) is 3.34. The maximum Gasteiger partial charge on any atom is 0.115 e.